The van der Waals surface area contributed by atoms with Crippen LogP contribution in [-0.2, 0) is 24.1 Å². The van der Waals surface area contributed by atoms with E-state index < -0.39 is 29.6 Å². The summed E-state index contributed by atoms with van der Waals surface area (Å²) in [7, 11) is 0. The van der Waals surface area contributed by atoms with Crippen molar-refractivity contribution < 1.29 is 27.6 Å². The predicted octanol–water partition coefficient (Wildman–Crippen LogP) is 2.69. The topological polar surface area (TPSA) is 78.5 Å². The number of benzene rings is 2. The first-order valence-electron chi connectivity index (χ1n) is 8.36. The largest absolute Gasteiger partial charge is 0.416 e. The van der Waals surface area contributed by atoms with Gasteiger partial charge in [0.2, 0.25) is 5.91 Å². The summed E-state index contributed by atoms with van der Waals surface area (Å²) in [4.78, 5) is 37.0. The SMILES string of the molecule is O=C(NCc1cccc(C(F)(F)F)c1)c1ccccc1CN1C(=O)CNC1=O. The van der Waals surface area contributed by atoms with E-state index in [0.717, 1.165) is 17.0 Å². The summed E-state index contributed by atoms with van der Waals surface area (Å²) in [6.45, 7) is -0.263. The molecule has 6 nitrogen and oxygen atoms in total. The lowest BCUT2D eigenvalue weighted by Crippen LogP contribution is -2.32. The van der Waals surface area contributed by atoms with E-state index in [1.807, 2.05) is 0 Å². The molecule has 9 heteroatoms. The number of imide groups is 1. The maximum Gasteiger partial charge on any atom is 0.416 e. The van der Waals surface area contributed by atoms with E-state index >= 15 is 0 Å². The van der Waals surface area contributed by atoms with E-state index in [1.54, 1.807) is 18.2 Å². The van der Waals surface area contributed by atoms with Gasteiger partial charge in [-0.15, -0.1) is 0 Å². The first kappa shape index (κ1) is 19.4. The molecule has 0 saturated carbocycles. The number of nitrogens with one attached hydrogen (secondary N) is 2. The van der Waals surface area contributed by atoms with Gasteiger partial charge in [0.25, 0.3) is 5.91 Å². The monoisotopic (exact) mass is 391 g/mol. The van der Waals surface area contributed by atoms with E-state index in [-0.39, 0.29) is 25.2 Å². The Morgan fingerprint density at radius 2 is 1.86 bits per heavy atom. The molecule has 0 atom stereocenters. The van der Waals surface area contributed by atoms with Crippen molar-refractivity contribution in [3.63, 3.8) is 0 Å². The lowest BCUT2D eigenvalue weighted by molar-refractivity contribution is -0.137. The highest BCUT2D eigenvalue weighted by molar-refractivity contribution is 6.02. The molecule has 2 aromatic rings. The first-order chi connectivity index (χ1) is 13.3. The fraction of sp³-hybridized carbons (Fsp3) is 0.211. The van der Waals surface area contributed by atoms with Gasteiger partial charge in [-0.05, 0) is 29.3 Å². The number of hydrogen-bond acceptors (Lipinski definition) is 3. The number of carbonyl (C=O) groups is 3. The Bertz CT molecular complexity index is 912. The van der Waals surface area contributed by atoms with Crippen LogP contribution in [0.1, 0.15) is 27.0 Å². The van der Waals surface area contributed by atoms with Crippen molar-refractivity contribution in [1.29, 1.82) is 0 Å². The van der Waals surface area contributed by atoms with E-state index in [0.29, 0.717) is 11.1 Å². The van der Waals surface area contributed by atoms with Gasteiger partial charge in [-0.2, -0.15) is 13.2 Å². The van der Waals surface area contributed by atoms with Crippen molar-refractivity contribution in [2.75, 3.05) is 6.54 Å². The predicted molar refractivity (Wildman–Crippen MR) is 93.0 cm³/mol. The zero-order chi connectivity index (χ0) is 20.3. The first-order valence-corrected chi connectivity index (χ1v) is 8.36. The van der Waals surface area contributed by atoms with Gasteiger partial charge in [-0.1, -0.05) is 30.3 Å². The minimum atomic E-state index is -4.46. The Morgan fingerprint density at radius 3 is 2.54 bits per heavy atom. The second-order valence-electron chi connectivity index (χ2n) is 6.18. The lowest BCUT2D eigenvalue weighted by atomic mass is 10.1. The summed E-state index contributed by atoms with van der Waals surface area (Å²) < 4.78 is 38.4. The molecule has 1 saturated heterocycles. The van der Waals surface area contributed by atoms with Crippen molar-refractivity contribution in [2.24, 2.45) is 0 Å². The lowest BCUT2D eigenvalue weighted by Gasteiger charge is -2.15. The zero-order valence-electron chi connectivity index (χ0n) is 14.5. The number of nitrogens with zero attached hydrogens (tertiary/aromatic N) is 1. The van der Waals surface area contributed by atoms with Gasteiger partial charge in [0.1, 0.15) is 0 Å². The minimum absolute atomic E-state index is 0.0716. The van der Waals surface area contributed by atoms with Crippen molar-refractivity contribution >= 4 is 17.8 Å². The third kappa shape index (κ3) is 4.30. The van der Waals surface area contributed by atoms with Gasteiger partial charge in [0.15, 0.2) is 0 Å². The summed E-state index contributed by atoms with van der Waals surface area (Å²) in [5.41, 5.74) is 0.199. The Hall–Kier alpha value is -3.36. The number of alkyl halides is 3. The molecule has 0 aliphatic carbocycles. The smallest absolute Gasteiger partial charge is 0.348 e. The van der Waals surface area contributed by atoms with Gasteiger partial charge < -0.3 is 10.6 Å². The van der Waals surface area contributed by atoms with Gasteiger partial charge in [-0.25, -0.2) is 4.79 Å². The van der Waals surface area contributed by atoms with Crippen LogP contribution >= 0.6 is 0 Å². The highest BCUT2D eigenvalue weighted by atomic mass is 19.4. The average Bonchev–Trinajstić information content (AvgIpc) is 2.98. The molecule has 1 heterocycles. The van der Waals surface area contributed by atoms with E-state index in [2.05, 4.69) is 10.6 Å². The number of urea groups is 1. The van der Waals surface area contributed by atoms with E-state index in [9.17, 15) is 27.6 Å². The molecule has 2 aromatic carbocycles. The minimum Gasteiger partial charge on any atom is -0.348 e. The van der Waals surface area contributed by atoms with Gasteiger partial charge in [0, 0.05) is 12.1 Å². The molecule has 0 aromatic heterocycles. The summed E-state index contributed by atoms with van der Waals surface area (Å²) >= 11 is 0. The molecule has 1 aliphatic rings. The van der Waals surface area contributed by atoms with Crippen molar-refractivity contribution in [3.05, 3.63) is 70.8 Å². The number of carbonyl (C=O) groups excluding carboxylic acids is 3. The standard InChI is InChI=1S/C19H16F3N3O3/c20-19(21,22)14-6-3-4-12(8-14)9-23-17(27)15-7-2-1-5-13(15)11-25-16(26)10-24-18(25)28/h1-8H,9-11H2,(H,23,27)(H,24,28). The molecule has 0 spiro atoms. The molecule has 4 amide bonds. The molecule has 146 valence electrons. The summed E-state index contributed by atoms with van der Waals surface area (Å²) in [5.74, 6) is -0.913. The molecule has 2 N–H and O–H groups in total. The van der Waals surface area contributed by atoms with Crippen LogP contribution in [0.15, 0.2) is 48.5 Å². The second kappa shape index (κ2) is 7.71. The molecule has 1 aliphatic heterocycles. The quantitative estimate of drug-likeness (QED) is 0.770. The fourth-order valence-corrected chi connectivity index (χ4v) is 2.80. The highest BCUT2D eigenvalue weighted by Gasteiger charge is 2.31. The fourth-order valence-electron chi connectivity index (χ4n) is 2.80. The highest BCUT2D eigenvalue weighted by Crippen LogP contribution is 2.29. The number of amides is 4. The Kier molecular flexibility index (Phi) is 5.34. The summed E-state index contributed by atoms with van der Waals surface area (Å²) in [6.07, 6.45) is -4.46. The Balaban J connectivity index is 1.72. The number of hydrogen-bond donors (Lipinski definition) is 2. The van der Waals surface area contributed by atoms with Crippen LogP contribution in [0.3, 0.4) is 0 Å². The van der Waals surface area contributed by atoms with Gasteiger partial charge in [-0.3, -0.25) is 14.5 Å². The van der Waals surface area contributed by atoms with Gasteiger partial charge in [0.05, 0.1) is 18.7 Å². The van der Waals surface area contributed by atoms with Crippen molar-refractivity contribution in [2.45, 2.75) is 19.3 Å². The molecule has 28 heavy (non-hydrogen) atoms. The molecular weight excluding hydrogens is 375 g/mol. The molecule has 3 rings (SSSR count). The third-order valence-electron chi connectivity index (χ3n) is 4.23. The molecule has 0 radical (unpaired) electrons. The normalized spacial score (nSPS) is 14.2. The van der Waals surface area contributed by atoms with Gasteiger partial charge >= 0.3 is 12.2 Å². The molecule has 0 unspecified atom stereocenters. The summed E-state index contributed by atoms with van der Waals surface area (Å²) in [6, 6.07) is 10.6. The molecule has 1 fully saturated rings. The van der Waals surface area contributed by atoms with Crippen LogP contribution in [0, 0.1) is 0 Å². The Labute approximate surface area is 158 Å². The second-order valence-corrected chi connectivity index (χ2v) is 6.18. The summed E-state index contributed by atoms with van der Waals surface area (Å²) in [5, 5.41) is 4.97. The third-order valence-corrected chi connectivity index (χ3v) is 4.23. The molecular formula is C19H16F3N3O3. The maximum atomic E-state index is 12.8. The zero-order valence-corrected chi connectivity index (χ0v) is 14.5. The molecule has 0 bridgehead atoms. The number of rotatable bonds is 5. The van der Waals surface area contributed by atoms with Crippen LogP contribution in [0.4, 0.5) is 18.0 Å². The van der Waals surface area contributed by atoms with Crippen LogP contribution in [0.25, 0.3) is 0 Å². The van der Waals surface area contributed by atoms with Crippen molar-refractivity contribution in [3.8, 4) is 0 Å². The number of halogens is 3. The van der Waals surface area contributed by atoms with Crippen LogP contribution in [0.5, 0.6) is 0 Å². The van der Waals surface area contributed by atoms with E-state index in [4.69, 9.17) is 0 Å². The van der Waals surface area contributed by atoms with Crippen LogP contribution in [-0.4, -0.2) is 29.3 Å². The van der Waals surface area contributed by atoms with Crippen LogP contribution in [0.2, 0.25) is 0 Å². The van der Waals surface area contributed by atoms with Crippen LogP contribution < -0.4 is 10.6 Å². The average molecular weight is 391 g/mol. The Morgan fingerprint density at radius 1 is 1.11 bits per heavy atom. The maximum absolute atomic E-state index is 12.8. The van der Waals surface area contributed by atoms with E-state index in [1.165, 1.54) is 18.2 Å². The van der Waals surface area contributed by atoms with Crippen molar-refractivity contribution in [1.82, 2.24) is 15.5 Å².